The molecule has 8 nitrogen and oxygen atoms in total. The van der Waals surface area contributed by atoms with E-state index in [1.54, 1.807) is 17.8 Å². The van der Waals surface area contributed by atoms with Gasteiger partial charge in [0, 0.05) is 19.1 Å². The van der Waals surface area contributed by atoms with Crippen LogP contribution in [0.1, 0.15) is 36.9 Å². The molecule has 2 aliphatic rings. The maximum atomic E-state index is 12.4. The van der Waals surface area contributed by atoms with Gasteiger partial charge in [0.15, 0.2) is 5.16 Å². The van der Waals surface area contributed by atoms with Crippen LogP contribution in [0, 0.1) is 0 Å². The molecule has 1 saturated heterocycles. The number of aromatic amines is 1. The molecule has 0 bridgehead atoms. The molecule has 28 heavy (non-hydrogen) atoms. The van der Waals surface area contributed by atoms with Gasteiger partial charge in [-0.25, -0.2) is 4.98 Å². The topological polar surface area (TPSA) is 88.9 Å². The third-order valence-electron chi connectivity index (χ3n) is 5.15. The smallest absolute Gasteiger partial charge is 0.258 e. The predicted molar refractivity (Wildman–Crippen MR) is 108 cm³/mol. The molecule has 5 rings (SSSR count). The summed E-state index contributed by atoms with van der Waals surface area (Å²) >= 11 is 1.59. The van der Waals surface area contributed by atoms with Gasteiger partial charge in [-0.2, -0.15) is 0 Å². The fourth-order valence-electron chi connectivity index (χ4n) is 3.49. The molecule has 9 heteroatoms. The number of nitrogens with zero attached hydrogens (tertiary/aromatic N) is 5. The minimum absolute atomic E-state index is 0.0449. The zero-order valence-electron chi connectivity index (χ0n) is 15.7. The number of para-hydroxylation sites is 1. The van der Waals surface area contributed by atoms with E-state index in [1.165, 1.54) is 0 Å². The zero-order valence-corrected chi connectivity index (χ0v) is 16.5. The minimum atomic E-state index is -0.106. The SMILES string of the molecule is CC(Sc1nnc(N2CCOCC2)n1C1CC1)c1nc2ccccc2c(=O)[nH]1. The van der Waals surface area contributed by atoms with E-state index in [-0.39, 0.29) is 10.8 Å². The Balaban J connectivity index is 1.44. The van der Waals surface area contributed by atoms with Gasteiger partial charge in [0.2, 0.25) is 5.95 Å². The number of fused-ring (bicyclic) bond motifs is 1. The van der Waals surface area contributed by atoms with Crippen LogP contribution < -0.4 is 10.5 Å². The molecule has 3 aromatic rings. The quantitative estimate of drug-likeness (QED) is 0.661. The molecule has 146 valence electrons. The van der Waals surface area contributed by atoms with Crippen molar-refractivity contribution in [1.29, 1.82) is 0 Å². The first-order valence-corrected chi connectivity index (χ1v) is 10.5. The molecule has 1 saturated carbocycles. The van der Waals surface area contributed by atoms with Crippen molar-refractivity contribution in [3.63, 3.8) is 0 Å². The van der Waals surface area contributed by atoms with Gasteiger partial charge in [-0.3, -0.25) is 9.36 Å². The summed E-state index contributed by atoms with van der Waals surface area (Å²) in [5.41, 5.74) is 0.608. The van der Waals surface area contributed by atoms with Crippen LogP contribution in [0.15, 0.2) is 34.2 Å². The first-order chi connectivity index (χ1) is 13.7. The molecule has 2 fully saturated rings. The largest absolute Gasteiger partial charge is 0.378 e. The molecule has 2 aromatic heterocycles. The van der Waals surface area contributed by atoms with E-state index in [4.69, 9.17) is 4.74 Å². The normalized spacial score (nSPS) is 18.5. The fraction of sp³-hybridized carbons (Fsp3) is 0.474. The Kier molecular flexibility index (Phi) is 4.56. The van der Waals surface area contributed by atoms with E-state index in [0.29, 0.717) is 22.8 Å². The number of benzene rings is 1. The van der Waals surface area contributed by atoms with Gasteiger partial charge < -0.3 is 14.6 Å². The van der Waals surface area contributed by atoms with E-state index < -0.39 is 0 Å². The van der Waals surface area contributed by atoms with Crippen LogP contribution in [0.25, 0.3) is 10.9 Å². The van der Waals surface area contributed by atoms with Gasteiger partial charge >= 0.3 is 0 Å². The zero-order chi connectivity index (χ0) is 19.1. The summed E-state index contributed by atoms with van der Waals surface area (Å²) in [6.07, 6.45) is 2.31. The van der Waals surface area contributed by atoms with Crippen molar-refractivity contribution in [3.8, 4) is 0 Å². The van der Waals surface area contributed by atoms with Gasteiger partial charge in [0.1, 0.15) is 5.82 Å². The first kappa shape index (κ1) is 17.7. The summed E-state index contributed by atoms with van der Waals surface area (Å²) < 4.78 is 7.72. The minimum Gasteiger partial charge on any atom is -0.378 e. The van der Waals surface area contributed by atoms with Crippen LogP contribution in [0.2, 0.25) is 0 Å². The average molecular weight is 398 g/mol. The van der Waals surface area contributed by atoms with Crippen LogP contribution in [-0.4, -0.2) is 51.0 Å². The number of morpholine rings is 1. The number of hydrogen-bond donors (Lipinski definition) is 1. The van der Waals surface area contributed by atoms with Gasteiger partial charge in [-0.05, 0) is 31.9 Å². The molecule has 1 aliphatic carbocycles. The lowest BCUT2D eigenvalue weighted by Gasteiger charge is -2.28. The highest BCUT2D eigenvalue weighted by atomic mass is 32.2. The monoisotopic (exact) mass is 398 g/mol. The second-order valence-corrected chi connectivity index (χ2v) is 8.52. The number of nitrogens with one attached hydrogen (secondary N) is 1. The fourth-order valence-corrected chi connectivity index (χ4v) is 4.46. The van der Waals surface area contributed by atoms with Gasteiger partial charge in [-0.15, -0.1) is 10.2 Å². The molecule has 0 amide bonds. The Morgan fingerprint density at radius 1 is 1.21 bits per heavy atom. The summed E-state index contributed by atoms with van der Waals surface area (Å²) in [4.78, 5) is 22.2. The summed E-state index contributed by atoms with van der Waals surface area (Å²) in [6, 6.07) is 7.87. The third-order valence-corrected chi connectivity index (χ3v) is 6.22. The van der Waals surface area contributed by atoms with Crippen molar-refractivity contribution in [1.82, 2.24) is 24.7 Å². The summed E-state index contributed by atoms with van der Waals surface area (Å²) in [5.74, 6) is 1.59. The van der Waals surface area contributed by atoms with Crippen molar-refractivity contribution >= 4 is 28.6 Å². The number of H-pyrrole nitrogens is 1. The van der Waals surface area contributed by atoms with Crippen molar-refractivity contribution in [2.24, 2.45) is 0 Å². The lowest BCUT2D eigenvalue weighted by molar-refractivity contribution is 0.121. The van der Waals surface area contributed by atoms with Crippen LogP contribution in [0.3, 0.4) is 0 Å². The first-order valence-electron chi connectivity index (χ1n) is 9.64. The molecular weight excluding hydrogens is 376 g/mol. The molecular formula is C19H22N6O2S. The van der Waals surface area contributed by atoms with Crippen LogP contribution >= 0.6 is 11.8 Å². The maximum Gasteiger partial charge on any atom is 0.258 e. The van der Waals surface area contributed by atoms with Crippen LogP contribution in [0.5, 0.6) is 0 Å². The van der Waals surface area contributed by atoms with Crippen LogP contribution in [0.4, 0.5) is 5.95 Å². The average Bonchev–Trinajstić information content (AvgIpc) is 3.48. The van der Waals surface area contributed by atoms with Crippen LogP contribution in [-0.2, 0) is 4.74 Å². The van der Waals surface area contributed by atoms with E-state index in [2.05, 4.69) is 29.6 Å². The highest BCUT2D eigenvalue weighted by molar-refractivity contribution is 7.99. The summed E-state index contributed by atoms with van der Waals surface area (Å²) in [7, 11) is 0. The number of aromatic nitrogens is 5. The van der Waals surface area contributed by atoms with Crippen molar-refractivity contribution < 1.29 is 4.74 Å². The molecule has 0 radical (unpaired) electrons. The molecule has 1 unspecified atom stereocenters. The molecule has 3 heterocycles. The third kappa shape index (κ3) is 3.29. The van der Waals surface area contributed by atoms with E-state index in [9.17, 15) is 4.79 Å². The lowest BCUT2D eigenvalue weighted by atomic mass is 10.2. The van der Waals surface area contributed by atoms with Crippen molar-refractivity contribution in [2.45, 2.75) is 36.2 Å². The molecule has 1 atom stereocenters. The molecule has 1 aliphatic heterocycles. The molecule has 1 N–H and O–H groups in total. The summed E-state index contributed by atoms with van der Waals surface area (Å²) in [6.45, 7) is 5.16. The highest BCUT2D eigenvalue weighted by Gasteiger charge is 2.33. The Bertz CT molecular complexity index is 1050. The number of hydrogen-bond acceptors (Lipinski definition) is 7. The van der Waals surface area contributed by atoms with Gasteiger partial charge in [0.05, 0.1) is 29.4 Å². The Labute approximate surface area is 166 Å². The standard InChI is InChI=1S/C19H22N6O2S/c1-12(16-20-15-5-3-2-4-14(15)17(26)21-16)28-19-23-22-18(25(19)13-6-7-13)24-8-10-27-11-9-24/h2-5,12-13H,6-11H2,1H3,(H,20,21,26). The highest BCUT2D eigenvalue weighted by Crippen LogP contribution is 2.43. The number of thioether (sulfide) groups is 1. The van der Waals surface area contributed by atoms with E-state index >= 15 is 0 Å². The van der Waals surface area contributed by atoms with Gasteiger partial charge in [-0.1, -0.05) is 23.9 Å². The number of rotatable bonds is 5. The molecule has 0 spiro atoms. The second kappa shape index (κ2) is 7.21. The predicted octanol–water partition coefficient (Wildman–Crippen LogP) is 2.54. The Morgan fingerprint density at radius 3 is 2.79 bits per heavy atom. The van der Waals surface area contributed by atoms with E-state index in [0.717, 1.165) is 50.2 Å². The number of ether oxygens (including phenoxy) is 1. The Hall–Kier alpha value is -2.39. The van der Waals surface area contributed by atoms with E-state index in [1.807, 2.05) is 25.1 Å². The molecule has 1 aromatic carbocycles. The van der Waals surface area contributed by atoms with Gasteiger partial charge in [0.25, 0.3) is 5.56 Å². The van der Waals surface area contributed by atoms with Crippen molar-refractivity contribution in [3.05, 3.63) is 40.4 Å². The lowest BCUT2D eigenvalue weighted by Crippen LogP contribution is -2.38. The number of anilines is 1. The second-order valence-electron chi connectivity index (χ2n) is 7.21. The summed E-state index contributed by atoms with van der Waals surface area (Å²) in [5, 5.41) is 10.4. The maximum absolute atomic E-state index is 12.4. The Morgan fingerprint density at radius 2 is 2.00 bits per heavy atom. The van der Waals surface area contributed by atoms with Crippen molar-refractivity contribution in [2.75, 3.05) is 31.2 Å².